The Bertz CT molecular complexity index is 645. The molecule has 3 N–H and O–H groups in total. The predicted molar refractivity (Wildman–Crippen MR) is 90.4 cm³/mol. The highest BCUT2D eigenvalue weighted by Crippen LogP contribution is 2.34. The van der Waals surface area contributed by atoms with Gasteiger partial charge in [-0.2, -0.15) is 0 Å². The van der Waals surface area contributed by atoms with E-state index >= 15 is 0 Å². The average Bonchev–Trinajstić information content (AvgIpc) is 2.64. The van der Waals surface area contributed by atoms with Crippen LogP contribution >= 0.6 is 0 Å². The van der Waals surface area contributed by atoms with Gasteiger partial charge in [0.2, 0.25) is 0 Å². The summed E-state index contributed by atoms with van der Waals surface area (Å²) >= 11 is 0. The lowest BCUT2D eigenvalue weighted by Gasteiger charge is -2.37. The van der Waals surface area contributed by atoms with Gasteiger partial charge in [0.05, 0.1) is 11.3 Å². The molecule has 0 amide bonds. The van der Waals surface area contributed by atoms with Crippen molar-refractivity contribution in [2.75, 3.05) is 0 Å². The third-order valence-electron chi connectivity index (χ3n) is 4.36. The lowest BCUT2D eigenvalue weighted by atomic mass is 9.76. The van der Waals surface area contributed by atoms with Gasteiger partial charge in [0.15, 0.2) is 0 Å². The van der Waals surface area contributed by atoms with Crippen LogP contribution in [0.3, 0.4) is 0 Å². The Hall–Kier alpha value is -2.24. The summed E-state index contributed by atoms with van der Waals surface area (Å²) in [6.45, 7) is 0.456. The van der Waals surface area contributed by atoms with E-state index in [-0.39, 0.29) is 0 Å². The summed E-state index contributed by atoms with van der Waals surface area (Å²) in [4.78, 5) is 9.83. The zero-order valence-corrected chi connectivity index (χ0v) is 13.1. The van der Waals surface area contributed by atoms with Gasteiger partial charge in [0.25, 0.3) is 0 Å². The third kappa shape index (κ3) is 3.41. The van der Waals surface area contributed by atoms with Crippen molar-refractivity contribution < 1.29 is 4.84 Å². The van der Waals surface area contributed by atoms with Crippen LogP contribution in [0, 0.1) is 0 Å². The minimum absolute atomic E-state index is 0.456. The van der Waals surface area contributed by atoms with Gasteiger partial charge in [-0.15, -0.1) is 0 Å². The molecule has 0 bridgehead atoms. The fraction of sp³-hybridized carbons (Fsp3) is 0.333. The van der Waals surface area contributed by atoms with Gasteiger partial charge < -0.3 is 4.84 Å². The van der Waals surface area contributed by atoms with E-state index in [0.717, 1.165) is 42.5 Å². The van der Waals surface area contributed by atoms with Gasteiger partial charge in [-0.05, 0) is 36.5 Å². The molecule has 120 valence electrons. The van der Waals surface area contributed by atoms with Crippen LogP contribution in [0.1, 0.15) is 36.8 Å². The molecule has 2 aromatic rings. The zero-order chi connectivity index (χ0) is 16.0. The maximum Gasteiger partial charge on any atom is 0.142 e. The summed E-state index contributed by atoms with van der Waals surface area (Å²) < 4.78 is 0. The molecule has 23 heavy (non-hydrogen) atoms. The summed E-state index contributed by atoms with van der Waals surface area (Å²) in [5.41, 5.74) is 5.57. The van der Waals surface area contributed by atoms with Crippen molar-refractivity contribution in [3.63, 3.8) is 0 Å². The molecular weight excluding hydrogens is 288 g/mol. The Morgan fingerprint density at radius 1 is 1.17 bits per heavy atom. The molecule has 0 radical (unpaired) electrons. The molecule has 1 heterocycles. The lowest BCUT2D eigenvalue weighted by Crippen LogP contribution is -2.54. The van der Waals surface area contributed by atoms with Crippen molar-refractivity contribution >= 4 is 5.71 Å². The fourth-order valence-electron chi connectivity index (χ4n) is 3.09. The Morgan fingerprint density at radius 3 is 2.78 bits per heavy atom. The number of hydrazine groups is 1. The quantitative estimate of drug-likeness (QED) is 0.658. The molecular formula is C18H22N4O. The maximum atomic E-state index is 5.93. The van der Waals surface area contributed by atoms with E-state index in [4.69, 9.17) is 10.7 Å². The number of nitrogens with two attached hydrogens (primary N) is 1. The highest BCUT2D eigenvalue weighted by molar-refractivity contribution is 5.94. The summed E-state index contributed by atoms with van der Waals surface area (Å²) in [5, 5.41) is 4.43. The van der Waals surface area contributed by atoms with E-state index in [2.05, 4.69) is 15.6 Å². The van der Waals surface area contributed by atoms with Crippen LogP contribution in [-0.4, -0.2) is 10.7 Å². The summed E-state index contributed by atoms with van der Waals surface area (Å²) in [6.07, 6.45) is 7.56. The topological polar surface area (TPSA) is 72.5 Å². The molecule has 0 saturated heterocycles. The van der Waals surface area contributed by atoms with E-state index < -0.39 is 5.54 Å². The van der Waals surface area contributed by atoms with Crippen LogP contribution in [0.4, 0.5) is 0 Å². The van der Waals surface area contributed by atoms with E-state index in [0.29, 0.717) is 6.61 Å². The lowest BCUT2D eigenvalue weighted by molar-refractivity contribution is 0.125. The van der Waals surface area contributed by atoms with Gasteiger partial charge in [-0.25, -0.2) is 5.43 Å². The number of rotatable bonds is 5. The molecule has 1 fully saturated rings. The number of aromatic nitrogens is 1. The maximum absolute atomic E-state index is 5.93. The summed E-state index contributed by atoms with van der Waals surface area (Å²) in [5.74, 6) is 5.93. The van der Waals surface area contributed by atoms with Gasteiger partial charge in [-0.1, -0.05) is 48.0 Å². The molecule has 1 aliphatic rings. The molecule has 1 aliphatic carbocycles. The van der Waals surface area contributed by atoms with Crippen molar-refractivity contribution in [3.8, 4) is 0 Å². The van der Waals surface area contributed by atoms with Crippen LogP contribution in [0.25, 0.3) is 0 Å². The van der Waals surface area contributed by atoms with Crippen LogP contribution in [0.15, 0.2) is 60.0 Å². The molecule has 1 aromatic carbocycles. The molecule has 5 nitrogen and oxygen atoms in total. The van der Waals surface area contributed by atoms with Gasteiger partial charge in [0, 0.05) is 12.4 Å². The Labute approximate surface area is 136 Å². The van der Waals surface area contributed by atoms with Gasteiger partial charge in [-0.3, -0.25) is 10.8 Å². The number of benzene rings is 1. The average molecular weight is 310 g/mol. The second-order valence-electron chi connectivity index (χ2n) is 5.80. The third-order valence-corrected chi connectivity index (χ3v) is 4.36. The first kappa shape index (κ1) is 15.6. The monoisotopic (exact) mass is 310 g/mol. The Morgan fingerprint density at radius 2 is 2.04 bits per heavy atom. The van der Waals surface area contributed by atoms with Crippen molar-refractivity contribution in [2.45, 2.75) is 37.8 Å². The van der Waals surface area contributed by atoms with E-state index in [1.165, 1.54) is 0 Å². The highest BCUT2D eigenvalue weighted by atomic mass is 16.6. The van der Waals surface area contributed by atoms with Crippen LogP contribution in [0.2, 0.25) is 0 Å². The molecule has 3 rings (SSSR count). The standard InChI is InChI=1S/C18H22N4O/c19-22-18(16-9-6-12-20-13-16)11-5-4-10-17(18)21-23-14-15-7-2-1-3-8-15/h1-3,6-9,12-13,22H,4-5,10-11,14,19H2. The predicted octanol–water partition coefficient (Wildman–Crippen LogP) is 2.89. The first-order valence-corrected chi connectivity index (χ1v) is 7.97. The second-order valence-corrected chi connectivity index (χ2v) is 5.80. The molecule has 1 unspecified atom stereocenters. The largest absolute Gasteiger partial charge is 0.391 e. The molecule has 0 spiro atoms. The van der Waals surface area contributed by atoms with E-state index in [1.807, 2.05) is 48.7 Å². The molecule has 0 aliphatic heterocycles. The van der Waals surface area contributed by atoms with Crippen LogP contribution < -0.4 is 11.3 Å². The van der Waals surface area contributed by atoms with E-state index in [9.17, 15) is 0 Å². The number of nitrogens with one attached hydrogen (secondary N) is 1. The zero-order valence-electron chi connectivity index (χ0n) is 13.1. The van der Waals surface area contributed by atoms with Gasteiger partial charge >= 0.3 is 0 Å². The van der Waals surface area contributed by atoms with Crippen molar-refractivity contribution in [3.05, 3.63) is 66.0 Å². The highest BCUT2D eigenvalue weighted by Gasteiger charge is 2.39. The first-order valence-electron chi connectivity index (χ1n) is 7.97. The smallest absolute Gasteiger partial charge is 0.142 e. The Balaban J connectivity index is 1.81. The fourth-order valence-corrected chi connectivity index (χ4v) is 3.09. The molecule has 5 heteroatoms. The molecule has 1 aromatic heterocycles. The normalized spacial score (nSPS) is 22.9. The summed E-state index contributed by atoms with van der Waals surface area (Å²) in [6, 6.07) is 14.0. The molecule has 1 atom stereocenters. The number of oxime groups is 1. The minimum atomic E-state index is -0.483. The van der Waals surface area contributed by atoms with Crippen molar-refractivity contribution in [1.29, 1.82) is 0 Å². The van der Waals surface area contributed by atoms with Gasteiger partial charge in [0.1, 0.15) is 6.61 Å². The summed E-state index contributed by atoms with van der Waals surface area (Å²) in [7, 11) is 0. The van der Waals surface area contributed by atoms with Crippen LogP contribution in [-0.2, 0) is 17.0 Å². The molecule has 1 saturated carbocycles. The minimum Gasteiger partial charge on any atom is -0.391 e. The van der Waals surface area contributed by atoms with Crippen LogP contribution in [0.5, 0.6) is 0 Å². The van der Waals surface area contributed by atoms with Crippen molar-refractivity contribution in [1.82, 2.24) is 10.4 Å². The number of pyridine rings is 1. The number of hydrogen-bond donors (Lipinski definition) is 2. The second kappa shape index (κ2) is 7.35. The van der Waals surface area contributed by atoms with E-state index in [1.54, 1.807) is 6.20 Å². The number of hydrogen-bond acceptors (Lipinski definition) is 5. The Kier molecular flexibility index (Phi) is 5.00. The SMILES string of the molecule is NNC1(c2cccnc2)CCCCC1=NOCc1ccccc1. The first-order chi connectivity index (χ1) is 11.3. The van der Waals surface area contributed by atoms with Crippen molar-refractivity contribution in [2.24, 2.45) is 11.0 Å². The number of nitrogens with zero attached hydrogens (tertiary/aromatic N) is 2.